The molecule has 3 N–H and O–H groups in total. The number of hydrogen-bond acceptors (Lipinski definition) is 5. The molecule has 80 valence electrons. The van der Waals surface area contributed by atoms with Crippen molar-refractivity contribution >= 4 is 27.3 Å². The molecule has 0 radical (unpaired) electrons. The van der Waals surface area contributed by atoms with E-state index in [1.165, 1.54) is 0 Å². The van der Waals surface area contributed by atoms with Crippen LogP contribution in [0.2, 0.25) is 0 Å². The second-order valence-corrected chi connectivity index (χ2v) is 4.94. The Morgan fingerprint density at radius 2 is 2.47 bits per heavy atom. The van der Waals surface area contributed by atoms with Gasteiger partial charge in [-0.3, -0.25) is 5.84 Å². The van der Waals surface area contributed by atoms with Crippen LogP contribution in [0.15, 0.2) is 26.6 Å². The number of thiazole rings is 1. The lowest BCUT2D eigenvalue weighted by molar-refractivity contribution is 0.445. The predicted octanol–water partition coefficient (Wildman–Crippen LogP) is 2.36. The molecule has 2 aromatic heterocycles. The monoisotopic (exact) mass is 287 g/mol. The molecule has 1 atom stereocenters. The fourth-order valence-electron chi connectivity index (χ4n) is 1.32. The Morgan fingerprint density at radius 3 is 2.93 bits per heavy atom. The van der Waals surface area contributed by atoms with Gasteiger partial charge in [-0.25, -0.2) is 10.4 Å². The molecule has 2 rings (SSSR count). The van der Waals surface area contributed by atoms with E-state index < -0.39 is 0 Å². The molecule has 2 aromatic rings. The zero-order chi connectivity index (χ0) is 10.8. The smallest absolute Gasteiger partial charge is 0.142 e. The van der Waals surface area contributed by atoms with E-state index in [0.29, 0.717) is 0 Å². The first-order chi connectivity index (χ1) is 7.22. The highest BCUT2D eigenvalue weighted by atomic mass is 79.9. The molecule has 0 aromatic carbocycles. The van der Waals surface area contributed by atoms with Crippen molar-refractivity contribution in [2.75, 3.05) is 0 Å². The molecule has 0 aliphatic rings. The van der Waals surface area contributed by atoms with Gasteiger partial charge in [0.05, 0.1) is 21.4 Å². The summed E-state index contributed by atoms with van der Waals surface area (Å²) in [4.78, 5) is 4.37. The molecule has 2 heterocycles. The number of nitrogens with zero attached hydrogens (tertiary/aromatic N) is 1. The van der Waals surface area contributed by atoms with Crippen LogP contribution in [0.25, 0.3) is 0 Å². The summed E-state index contributed by atoms with van der Waals surface area (Å²) in [6.07, 6.45) is 1.61. The number of aromatic nitrogens is 1. The van der Waals surface area contributed by atoms with E-state index in [1.807, 2.05) is 18.4 Å². The second kappa shape index (κ2) is 4.44. The summed E-state index contributed by atoms with van der Waals surface area (Å²) in [5.74, 6) is 6.25. The molecule has 0 fully saturated rings. The summed E-state index contributed by atoms with van der Waals surface area (Å²) in [5.41, 5.74) is 3.57. The van der Waals surface area contributed by atoms with Gasteiger partial charge in [0.1, 0.15) is 11.8 Å². The first kappa shape index (κ1) is 10.8. The normalized spacial score (nSPS) is 13.0. The number of hydrogen-bond donors (Lipinski definition) is 2. The largest absolute Gasteiger partial charge is 0.466 e. The summed E-state index contributed by atoms with van der Waals surface area (Å²) >= 11 is 4.99. The molecule has 0 saturated heterocycles. The van der Waals surface area contributed by atoms with E-state index in [9.17, 15) is 0 Å². The van der Waals surface area contributed by atoms with E-state index in [0.717, 1.165) is 20.9 Å². The molecule has 1 unspecified atom stereocenters. The zero-order valence-electron chi connectivity index (χ0n) is 8.03. The Morgan fingerprint density at radius 1 is 1.67 bits per heavy atom. The van der Waals surface area contributed by atoms with Crippen molar-refractivity contribution in [1.82, 2.24) is 10.4 Å². The minimum absolute atomic E-state index is 0.209. The number of aryl methyl sites for hydroxylation is 1. The van der Waals surface area contributed by atoms with Crippen LogP contribution in [0, 0.1) is 6.92 Å². The van der Waals surface area contributed by atoms with Gasteiger partial charge in [-0.15, -0.1) is 11.3 Å². The molecule has 15 heavy (non-hydrogen) atoms. The third-order valence-electron chi connectivity index (χ3n) is 2.01. The maximum atomic E-state index is 5.51. The lowest BCUT2D eigenvalue weighted by Crippen LogP contribution is -2.29. The summed E-state index contributed by atoms with van der Waals surface area (Å²) < 4.78 is 6.24. The molecular formula is C9H10BrN3OS. The molecule has 0 spiro atoms. The Hall–Kier alpha value is -0.690. The van der Waals surface area contributed by atoms with Crippen molar-refractivity contribution in [2.24, 2.45) is 5.84 Å². The Balaban J connectivity index is 2.36. The van der Waals surface area contributed by atoms with Crippen LogP contribution in [0.5, 0.6) is 0 Å². The highest BCUT2D eigenvalue weighted by molar-refractivity contribution is 9.10. The van der Waals surface area contributed by atoms with Gasteiger partial charge in [0.2, 0.25) is 0 Å². The number of furan rings is 1. The van der Waals surface area contributed by atoms with Crippen LogP contribution in [0.4, 0.5) is 0 Å². The van der Waals surface area contributed by atoms with Crippen LogP contribution in [-0.4, -0.2) is 4.98 Å². The van der Waals surface area contributed by atoms with Crippen LogP contribution in [-0.2, 0) is 0 Å². The molecular weight excluding hydrogens is 278 g/mol. The molecule has 0 bridgehead atoms. The number of rotatable bonds is 3. The predicted molar refractivity (Wildman–Crippen MR) is 62.4 cm³/mol. The molecule has 6 heteroatoms. The van der Waals surface area contributed by atoms with Crippen LogP contribution in [0.1, 0.15) is 22.5 Å². The van der Waals surface area contributed by atoms with Crippen molar-refractivity contribution in [2.45, 2.75) is 13.0 Å². The summed E-state index contributed by atoms with van der Waals surface area (Å²) in [5, 5.41) is 2.97. The van der Waals surface area contributed by atoms with E-state index >= 15 is 0 Å². The van der Waals surface area contributed by atoms with Gasteiger partial charge in [0.15, 0.2) is 0 Å². The van der Waals surface area contributed by atoms with E-state index in [4.69, 9.17) is 10.3 Å². The van der Waals surface area contributed by atoms with E-state index in [2.05, 4.69) is 26.3 Å². The van der Waals surface area contributed by atoms with Crippen molar-refractivity contribution in [3.8, 4) is 0 Å². The minimum Gasteiger partial charge on any atom is -0.466 e. The maximum Gasteiger partial charge on any atom is 0.142 e. The second-order valence-electron chi connectivity index (χ2n) is 3.02. The van der Waals surface area contributed by atoms with Crippen molar-refractivity contribution in [3.63, 3.8) is 0 Å². The van der Waals surface area contributed by atoms with Gasteiger partial charge in [-0.05, 0) is 28.9 Å². The lowest BCUT2D eigenvalue weighted by Gasteiger charge is -2.10. The Bertz CT molecular complexity index is 454. The standard InChI is InChI=1S/C9H10BrN3OS/c1-5-12-7(4-15-5)8(13-11)9-6(10)2-3-14-9/h2-4,8,13H,11H2,1H3. The highest BCUT2D eigenvalue weighted by Gasteiger charge is 2.20. The fraction of sp³-hybridized carbons (Fsp3) is 0.222. The maximum absolute atomic E-state index is 5.51. The molecule has 0 saturated carbocycles. The number of hydrazine groups is 1. The third-order valence-corrected chi connectivity index (χ3v) is 3.45. The van der Waals surface area contributed by atoms with Crippen molar-refractivity contribution < 1.29 is 4.42 Å². The molecule has 0 amide bonds. The number of nitrogens with two attached hydrogens (primary N) is 1. The quantitative estimate of drug-likeness (QED) is 0.672. The summed E-state index contributed by atoms with van der Waals surface area (Å²) in [7, 11) is 0. The summed E-state index contributed by atoms with van der Waals surface area (Å²) in [6.45, 7) is 1.96. The van der Waals surface area contributed by atoms with Gasteiger partial charge in [0.25, 0.3) is 0 Å². The molecule has 4 nitrogen and oxygen atoms in total. The minimum atomic E-state index is -0.209. The molecule has 0 aliphatic heterocycles. The SMILES string of the molecule is Cc1nc(C(NN)c2occc2Br)cs1. The molecule has 0 aliphatic carbocycles. The van der Waals surface area contributed by atoms with Gasteiger partial charge in [0, 0.05) is 5.38 Å². The Labute approximate surface area is 99.6 Å². The third kappa shape index (κ3) is 2.12. The van der Waals surface area contributed by atoms with Crippen LogP contribution in [0.3, 0.4) is 0 Å². The van der Waals surface area contributed by atoms with E-state index in [-0.39, 0.29) is 6.04 Å². The fourth-order valence-corrected chi connectivity index (χ4v) is 2.39. The van der Waals surface area contributed by atoms with Gasteiger partial charge in [-0.1, -0.05) is 0 Å². The number of halogens is 1. The van der Waals surface area contributed by atoms with Gasteiger partial charge < -0.3 is 4.42 Å². The zero-order valence-corrected chi connectivity index (χ0v) is 10.4. The van der Waals surface area contributed by atoms with Gasteiger partial charge >= 0.3 is 0 Å². The highest BCUT2D eigenvalue weighted by Crippen LogP contribution is 2.29. The van der Waals surface area contributed by atoms with Crippen LogP contribution < -0.4 is 11.3 Å². The topological polar surface area (TPSA) is 64.1 Å². The van der Waals surface area contributed by atoms with Gasteiger partial charge in [-0.2, -0.15) is 0 Å². The van der Waals surface area contributed by atoms with Crippen LogP contribution >= 0.6 is 27.3 Å². The number of nitrogens with one attached hydrogen (secondary N) is 1. The average molecular weight is 288 g/mol. The summed E-state index contributed by atoms with van der Waals surface area (Å²) in [6, 6.07) is 1.62. The average Bonchev–Trinajstić information content (AvgIpc) is 2.79. The first-order valence-corrected chi connectivity index (χ1v) is 6.00. The van der Waals surface area contributed by atoms with E-state index in [1.54, 1.807) is 17.6 Å². The first-order valence-electron chi connectivity index (χ1n) is 4.33. The lowest BCUT2D eigenvalue weighted by atomic mass is 10.2. The van der Waals surface area contributed by atoms with Crippen molar-refractivity contribution in [3.05, 3.63) is 38.6 Å². The van der Waals surface area contributed by atoms with Crippen molar-refractivity contribution in [1.29, 1.82) is 0 Å². The Kier molecular flexibility index (Phi) is 3.20.